The molecule has 1 aliphatic rings. The van der Waals surface area contributed by atoms with Gasteiger partial charge in [0.25, 0.3) is 0 Å². The number of nitrogens with one attached hydrogen (secondary N) is 1. The van der Waals surface area contributed by atoms with Crippen molar-refractivity contribution in [1.82, 2.24) is 4.72 Å². The molecule has 0 bridgehead atoms. The molecule has 1 saturated carbocycles. The van der Waals surface area contributed by atoms with Crippen molar-refractivity contribution in [2.45, 2.75) is 41.4 Å². The van der Waals surface area contributed by atoms with Gasteiger partial charge in [-0.15, -0.1) is 0 Å². The number of nitrogens with zero attached hydrogens (tertiary/aromatic N) is 1. The smallest absolute Gasteiger partial charge is 0.258 e. The molecule has 0 radical (unpaired) electrons. The van der Waals surface area contributed by atoms with Crippen molar-refractivity contribution in [2.75, 3.05) is 0 Å². The van der Waals surface area contributed by atoms with E-state index < -0.39 is 26.5 Å². The maximum absolute atomic E-state index is 13.3. The minimum atomic E-state index is -3.92. The lowest BCUT2D eigenvalue weighted by atomic mass is 9.96. The normalized spacial score (nSPS) is 23.0. The highest BCUT2D eigenvalue weighted by Crippen LogP contribution is 2.27. The van der Waals surface area contributed by atoms with Gasteiger partial charge in [0, 0.05) is 16.9 Å². The minimum Gasteiger partial charge on any atom is -0.258 e. The number of nitro groups is 1. The predicted octanol–water partition coefficient (Wildman–Crippen LogP) is 2.72. The molecular weight excluding hydrogens is 367 g/mol. The lowest BCUT2D eigenvalue weighted by molar-refractivity contribution is -0.387. The lowest BCUT2D eigenvalue weighted by Crippen LogP contribution is -2.42. The fourth-order valence-corrected chi connectivity index (χ4v) is 4.51. The highest BCUT2D eigenvalue weighted by molar-refractivity contribution is 9.09. The van der Waals surface area contributed by atoms with Gasteiger partial charge in [-0.1, -0.05) is 28.8 Å². The lowest BCUT2D eigenvalue weighted by Gasteiger charge is -2.27. The van der Waals surface area contributed by atoms with Crippen LogP contribution >= 0.6 is 15.9 Å². The second kappa shape index (κ2) is 6.37. The fraction of sp³-hybridized carbons (Fsp3) is 0.500. The molecule has 1 aromatic carbocycles. The molecule has 2 unspecified atom stereocenters. The summed E-state index contributed by atoms with van der Waals surface area (Å²) in [6.07, 6.45) is 3.49. The van der Waals surface area contributed by atoms with E-state index in [0.29, 0.717) is 6.42 Å². The maximum atomic E-state index is 13.3. The van der Waals surface area contributed by atoms with E-state index >= 15 is 0 Å². The van der Waals surface area contributed by atoms with Crippen molar-refractivity contribution >= 4 is 31.6 Å². The van der Waals surface area contributed by atoms with Crippen molar-refractivity contribution in [1.29, 1.82) is 0 Å². The Balaban J connectivity index is 2.27. The molecule has 1 aliphatic carbocycles. The van der Waals surface area contributed by atoms with Crippen LogP contribution in [-0.2, 0) is 10.0 Å². The van der Waals surface area contributed by atoms with E-state index in [1.807, 2.05) is 0 Å². The summed E-state index contributed by atoms with van der Waals surface area (Å²) in [6, 6.07) is 2.28. The molecule has 9 heteroatoms. The average molecular weight is 381 g/mol. The first-order valence-electron chi connectivity index (χ1n) is 6.41. The van der Waals surface area contributed by atoms with Gasteiger partial charge in [0.1, 0.15) is 0 Å². The molecule has 0 aromatic heterocycles. The zero-order valence-electron chi connectivity index (χ0n) is 11.0. The van der Waals surface area contributed by atoms with Crippen LogP contribution in [0.4, 0.5) is 10.1 Å². The zero-order valence-corrected chi connectivity index (χ0v) is 13.4. The summed E-state index contributed by atoms with van der Waals surface area (Å²) in [4.78, 5) is 9.46. The van der Waals surface area contributed by atoms with E-state index in [1.54, 1.807) is 0 Å². The van der Waals surface area contributed by atoms with Crippen LogP contribution in [0.15, 0.2) is 23.1 Å². The van der Waals surface area contributed by atoms with Gasteiger partial charge in [-0.2, -0.15) is 4.39 Å². The van der Waals surface area contributed by atoms with E-state index in [9.17, 15) is 22.9 Å². The number of alkyl halides is 1. The average Bonchev–Trinajstić information content (AvgIpc) is 2.41. The van der Waals surface area contributed by atoms with E-state index in [2.05, 4.69) is 20.7 Å². The van der Waals surface area contributed by atoms with Crippen LogP contribution in [-0.4, -0.2) is 24.2 Å². The third-order valence-electron chi connectivity index (χ3n) is 3.41. The number of hydrogen-bond acceptors (Lipinski definition) is 4. The predicted molar refractivity (Wildman–Crippen MR) is 78.3 cm³/mol. The van der Waals surface area contributed by atoms with E-state index in [4.69, 9.17) is 0 Å². The van der Waals surface area contributed by atoms with Crippen molar-refractivity contribution in [3.8, 4) is 0 Å². The van der Waals surface area contributed by atoms with Crippen LogP contribution in [0.25, 0.3) is 0 Å². The first-order valence-corrected chi connectivity index (χ1v) is 8.81. The van der Waals surface area contributed by atoms with Crippen molar-refractivity contribution in [3.05, 3.63) is 34.1 Å². The molecule has 2 rings (SSSR count). The van der Waals surface area contributed by atoms with Crippen molar-refractivity contribution in [3.63, 3.8) is 0 Å². The molecule has 0 heterocycles. The van der Waals surface area contributed by atoms with Crippen molar-refractivity contribution < 1.29 is 17.7 Å². The van der Waals surface area contributed by atoms with Crippen LogP contribution in [0.1, 0.15) is 25.7 Å². The van der Waals surface area contributed by atoms with Gasteiger partial charge in [0.15, 0.2) is 0 Å². The van der Waals surface area contributed by atoms with E-state index in [0.717, 1.165) is 37.5 Å². The monoisotopic (exact) mass is 380 g/mol. The van der Waals surface area contributed by atoms with Crippen molar-refractivity contribution in [2.24, 2.45) is 0 Å². The molecule has 21 heavy (non-hydrogen) atoms. The minimum absolute atomic E-state index is 0.0245. The standard InChI is InChI=1S/C12H14BrFN2O4S/c13-9-3-1-2-4-11(9)15-21(19,20)8-5-6-10(14)12(7-8)16(17)18/h5-7,9,11,15H,1-4H2. The van der Waals surface area contributed by atoms with Gasteiger partial charge in [-0.05, 0) is 25.0 Å². The van der Waals surface area contributed by atoms with Crippen LogP contribution in [0.5, 0.6) is 0 Å². The number of sulfonamides is 1. The molecule has 0 aliphatic heterocycles. The number of benzene rings is 1. The Morgan fingerprint density at radius 1 is 1.33 bits per heavy atom. The fourth-order valence-electron chi connectivity index (χ4n) is 2.29. The zero-order chi connectivity index (χ0) is 15.6. The van der Waals surface area contributed by atoms with Gasteiger partial charge in [0.05, 0.1) is 9.82 Å². The molecule has 0 amide bonds. The second-order valence-electron chi connectivity index (χ2n) is 4.90. The number of rotatable bonds is 4. The third-order valence-corrected chi connectivity index (χ3v) is 6.00. The van der Waals surface area contributed by atoms with Crippen LogP contribution in [0, 0.1) is 15.9 Å². The summed E-state index contributed by atoms with van der Waals surface area (Å²) in [5, 5.41) is 10.7. The Labute approximate surface area is 130 Å². The first-order chi connectivity index (χ1) is 9.81. The molecule has 6 nitrogen and oxygen atoms in total. The van der Waals surface area contributed by atoms with Gasteiger partial charge >= 0.3 is 5.69 Å². The topological polar surface area (TPSA) is 89.3 Å². The molecular formula is C12H14BrFN2O4S. The first kappa shape index (κ1) is 16.3. The van der Waals surface area contributed by atoms with Crippen LogP contribution < -0.4 is 4.72 Å². The SMILES string of the molecule is O=[N+]([O-])c1cc(S(=O)(=O)NC2CCCCC2Br)ccc1F. The van der Waals surface area contributed by atoms with E-state index in [1.165, 1.54) is 0 Å². The largest absolute Gasteiger partial charge is 0.306 e. The van der Waals surface area contributed by atoms with Gasteiger partial charge < -0.3 is 0 Å². The number of nitro benzene ring substituents is 1. The van der Waals surface area contributed by atoms with E-state index in [-0.39, 0.29) is 15.8 Å². The Kier molecular flexibility index (Phi) is 4.95. The highest BCUT2D eigenvalue weighted by Gasteiger charge is 2.29. The summed E-state index contributed by atoms with van der Waals surface area (Å²) in [7, 11) is -3.92. The van der Waals surface area contributed by atoms with Gasteiger partial charge in [0.2, 0.25) is 15.8 Å². The van der Waals surface area contributed by atoms with Crippen LogP contribution in [0.3, 0.4) is 0 Å². The Morgan fingerprint density at radius 2 is 2.00 bits per heavy atom. The molecule has 1 fully saturated rings. The maximum Gasteiger partial charge on any atom is 0.306 e. The summed E-state index contributed by atoms with van der Waals surface area (Å²) >= 11 is 3.43. The third kappa shape index (κ3) is 3.78. The summed E-state index contributed by atoms with van der Waals surface area (Å²) in [5.41, 5.74) is -0.850. The second-order valence-corrected chi connectivity index (χ2v) is 7.79. The Bertz CT molecular complexity index is 653. The highest BCUT2D eigenvalue weighted by atomic mass is 79.9. The Morgan fingerprint density at radius 3 is 2.62 bits per heavy atom. The molecule has 1 aromatic rings. The summed E-state index contributed by atoms with van der Waals surface area (Å²) in [6.45, 7) is 0. The number of halogens is 2. The molecule has 1 N–H and O–H groups in total. The molecule has 2 atom stereocenters. The molecule has 116 valence electrons. The quantitative estimate of drug-likeness (QED) is 0.493. The van der Waals surface area contributed by atoms with Gasteiger partial charge in [-0.3, -0.25) is 10.1 Å². The van der Waals surface area contributed by atoms with Crippen LogP contribution in [0.2, 0.25) is 0 Å². The molecule has 0 saturated heterocycles. The summed E-state index contributed by atoms with van der Waals surface area (Å²) in [5.74, 6) is -1.06. The Hall–Kier alpha value is -1.06. The van der Waals surface area contributed by atoms with Gasteiger partial charge in [-0.25, -0.2) is 13.1 Å². The summed E-state index contributed by atoms with van der Waals surface area (Å²) < 4.78 is 40.3. The number of hydrogen-bond donors (Lipinski definition) is 1. The molecule has 0 spiro atoms.